The van der Waals surface area contributed by atoms with Crippen molar-refractivity contribution in [3.8, 4) is 0 Å². The predicted molar refractivity (Wildman–Crippen MR) is 132 cm³/mol. The highest BCUT2D eigenvalue weighted by molar-refractivity contribution is 7.92. The summed E-state index contributed by atoms with van der Waals surface area (Å²) in [7, 11) is -3.46. The minimum atomic E-state index is -3.46. The predicted octanol–water partition coefficient (Wildman–Crippen LogP) is 3.78. The van der Waals surface area contributed by atoms with Crippen LogP contribution < -0.4 is 0 Å². The van der Waals surface area contributed by atoms with Gasteiger partial charge in [-0.15, -0.1) is 0 Å². The monoisotopic (exact) mass is 498 g/mol. The summed E-state index contributed by atoms with van der Waals surface area (Å²) in [6.07, 6.45) is 8.67. The molecule has 4 fully saturated rings. The lowest BCUT2D eigenvalue weighted by Gasteiger charge is -2.61. The molecular weight excluding hydrogens is 452 g/mol. The van der Waals surface area contributed by atoms with E-state index in [1.54, 1.807) is 0 Å². The third kappa shape index (κ3) is 4.76. The van der Waals surface area contributed by atoms with Crippen molar-refractivity contribution < 1.29 is 28.2 Å². The Labute approximate surface area is 206 Å². The molecule has 7 heteroatoms. The minimum Gasteiger partial charge on any atom is -0.396 e. The fourth-order valence-corrected chi connectivity index (χ4v) is 10.2. The quantitative estimate of drug-likeness (QED) is 0.502. The second-order valence-corrected chi connectivity index (χ2v) is 14.6. The largest absolute Gasteiger partial charge is 0.396 e. The molecule has 4 rings (SSSR count). The van der Waals surface area contributed by atoms with Crippen molar-refractivity contribution in [3.63, 3.8) is 0 Å². The van der Waals surface area contributed by atoms with Crippen molar-refractivity contribution >= 4 is 15.6 Å². The van der Waals surface area contributed by atoms with Gasteiger partial charge in [-0.25, -0.2) is 8.42 Å². The molecule has 0 radical (unpaired) electrons. The summed E-state index contributed by atoms with van der Waals surface area (Å²) in [5.74, 6) is 1.42. The van der Waals surface area contributed by atoms with E-state index in [0.717, 1.165) is 57.8 Å². The summed E-state index contributed by atoms with van der Waals surface area (Å²) in [6.45, 7) is 7.34. The van der Waals surface area contributed by atoms with E-state index in [2.05, 4.69) is 20.8 Å². The van der Waals surface area contributed by atoms with E-state index in [9.17, 15) is 18.3 Å². The molecule has 0 amide bonds. The van der Waals surface area contributed by atoms with Crippen LogP contribution in [0, 0.1) is 40.4 Å². The van der Waals surface area contributed by atoms with E-state index in [1.165, 1.54) is 0 Å². The third-order valence-electron chi connectivity index (χ3n) is 10.6. The normalized spacial score (nSPS) is 44.2. The Morgan fingerprint density at radius 1 is 1.06 bits per heavy atom. The molecule has 0 heterocycles. The average Bonchev–Trinajstić information content (AvgIpc) is 3.14. The van der Waals surface area contributed by atoms with E-state index in [0.29, 0.717) is 30.3 Å². The molecule has 0 aliphatic heterocycles. The maximum absolute atomic E-state index is 13.2. The number of aliphatic hydroxyl groups excluding tert-OH is 2. The Bertz CT molecular complexity index is 842. The van der Waals surface area contributed by atoms with Gasteiger partial charge in [0.2, 0.25) is 0 Å². The molecule has 34 heavy (non-hydrogen) atoms. The Balaban J connectivity index is 1.49. The van der Waals surface area contributed by atoms with Gasteiger partial charge in [0.05, 0.1) is 18.0 Å². The molecule has 0 spiro atoms. The molecule has 196 valence electrons. The number of rotatable bonds is 9. The van der Waals surface area contributed by atoms with Crippen LogP contribution in [-0.2, 0) is 19.4 Å². The highest BCUT2D eigenvalue weighted by atomic mass is 32.2. The molecule has 0 saturated heterocycles. The van der Waals surface area contributed by atoms with Gasteiger partial charge in [-0.2, -0.15) is 0 Å². The summed E-state index contributed by atoms with van der Waals surface area (Å²) in [5.41, 5.74) is 0.0534. The van der Waals surface area contributed by atoms with E-state index in [-0.39, 0.29) is 59.3 Å². The smallest absolute Gasteiger partial charge is 0.157 e. The zero-order valence-corrected chi connectivity index (χ0v) is 22.2. The third-order valence-corrected chi connectivity index (χ3v) is 12.2. The van der Waals surface area contributed by atoms with E-state index >= 15 is 0 Å². The molecule has 9 atom stereocenters. The van der Waals surface area contributed by atoms with Gasteiger partial charge in [0.25, 0.3) is 0 Å². The zero-order valence-electron chi connectivity index (χ0n) is 21.4. The molecule has 0 unspecified atom stereocenters. The number of fused-ring (bicyclic) bond motifs is 5. The van der Waals surface area contributed by atoms with Crippen molar-refractivity contribution in [3.05, 3.63) is 0 Å². The molecule has 0 aromatic rings. The van der Waals surface area contributed by atoms with Crippen LogP contribution in [0.4, 0.5) is 0 Å². The lowest BCUT2D eigenvalue weighted by Crippen LogP contribution is -2.57. The summed E-state index contributed by atoms with van der Waals surface area (Å²) >= 11 is 0. The second kappa shape index (κ2) is 10.1. The number of ether oxygens (including phenoxy) is 1. The minimum absolute atomic E-state index is 0.0738. The summed E-state index contributed by atoms with van der Waals surface area (Å²) in [6, 6.07) is 0. The number of carbonyl (C=O) groups is 1. The van der Waals surface area contributed by atoms with Gasteiger partial charge in [0, 0.05) is 19.1 Å². The fraction of sp³-hybridized carbons (Fsp3) is 0.963. The Hall–Kier alpha value is -0.500. The second-order valence-electron chi connectivity index (χ2n) is 12.4. The van der Waals surface area contributed by atoms with Gasteiger partial charge in [0.1, 0.15) is 5.75 Å². The van der Waals surface area contributed by atoms with Gasteiger partial charge in [0.15, 0.2) is 15.6 Å². The lowest BCUT2D eigenvalue weighted by atomic mass is 9.44. The number of ketones is 1. The van der Waals surface area contributed by atoms with Crippen molar-refractivity contribution in [2.75, 3.05) is 24.7 Å². The Kier molecular flexibility index (Phi) is 7.89. The zero-order chi connectivity index (χ0) is 24.7. The van der Waals surface area contributed by atoms with Crippen LogP contribution in [0.15, 0.2) is 0 Å². The van der Waals surface area contributed by atoms with Crippen LogP contribution in [0.1, 0.15) is 85.0 Å². The Morgan fingerprint density at radius 2 is 1.79 bits per heavy atom. The van der Waals surface area contributed by atoms with Crippen LogP contribution in [0.3, 0.4) is 0 Å². The highest BCUT2D eigenvalue weighted by Gasteiger charge is 2.62. The first-order valence-electron chi connectivity index (χ1n) is 13.7. The summed E-state index contributed by atoms with van der Waals surface area (Å²) < 4.78 is 30.9. The van der Waals surface area contributed by atoms with E-state index in [4.69, 9.17) is 9.84 Å². The van der Waals surface area contributed by atoms with Crippen LogP contribution >= 0.6 is 0 Å². The number of hydrogen-bond donors (Lipinski definition) is 2. The first kappa shape index (κ1) is 26.6. The standard InChI is InChI=1S/C27H46O6S/c1-4-13-33-25-16-27(3)18(15-23(25)29)6-7-19-20-8-9-22(26(20,2)11-10-21(19)27)24(30)17-34(31,32)14-5-12-28/h18-23,25,28-29H,4-17H2,1-3H3/t18-,19-,20-,21-,22+,23-,25-,26-,27-/m0/s1. The average molecular weight is 499 g/mol. The van der Waals surface area contributed by atoms with Crippen molar-refractivity contribution in [2.24, 2.45) is 40.4 Å². The number of carbonyl (C=O) groups excluding carboxylic acids is 1. The van der Waals surface area contributed by atoms with Crippen molar-refractivity contribution in [2.45, 2.75) is 97.2 Å². The van der Waals surface area contributed by atoms with E-state index in [1.807, 2.05) is 0 Å². The highest BCUT2D eigenvalue weighted by Crippen LogP contribution is 2.67. The van der Waals surface area contributed by atoms with Gasteiger partial charge in [-0.3, -0.25) is 4.79 Å². The molecule has 4 saturated carbocycles. The van der Waals surface area contributed by atoms with Gasteiger partial charge >= 0.3 is 0 Å². The topological polar surface area (TPSA) is 101 Å². The number of hydrogen-bond acceptors (Lipinski definition) is 6. The van der Waals surface area contributed by atoms with E-state index < -0.39 is 9.84 Å². The molecule has 0 aromatic heterocycles. The molecule has 2 N–H and O–H groups in total. The van der Waals surface area contributed by atoms with Crippen LogP contribution in [-0.4, -0.2) is 61.3 Å². The number of sulfone groups is 1. The lowest BCUT2D eigenvalue weighted by molar-refractivity contribution is -0.172. The molecule has 0 bridgehead atoms. The molecule has 4 aliphatic carbocycles. The SMILES string of the molecule is CCCO[C@H]1C[C@@]2(C)[C@@H](CC[C@@H]3[C@@H]2CC[C@]2(C)[C@@H](C(=O)CS(=O)(=O)CCCO)CC[C@@H]32)C[C@@H]1O. The maximum atomic E-state index is 13.2. The molecular formula is C27H46O6S. The number of Topliss-reactive ketones (excluding diaryl/α,β-unsaturated/α-hetero) is 1. The van der Waals surface area contributed by atoms with Crippen LogP contribution in [0.25, 0.3) is 0 Å². The summed E-state index contributed by atoms with van der Waals surface area (Å²) in [5, 5.41) is 19.7. The number of aliphatic hydroxyl groups is 2. The molecule has 4 aliphatic rings. The van der Waals surface area contributed by atoms with Gasteiger partial charge < -0.3 is 14.9 Å². The Morgan fingerprint density at radius 3 is 2.50 bits per heavy atom. The maximum Gasteiger partial charge on any atom is 0.157 e. The van der Waals surface area contributed by atoms with Gasteiger partial charge in [-0.05, 0) is 98.7 Å². The van der Waals surface area contributed by atoms with Crippen LogP contribution in [0.5, 0.6) is 0 Å². The fourth-order valence-electron chi connectivity index (χ4n) is 8.90. The molecule has 6 nitrogen and oxygen atoms in total. The van der Waals surface area contributed by atoms with Crippen molar-refractivity contribution in [1.82, 2.24) is 0 Å². The van der Waals surface area contributed by atoms with Gasteiger partial charge in [-0.1, -0.05) is 20.8 Å². The summed E-state index contributed by atoms with van der Waals surface area (Å²) in [4.78, 5) is 13.2. The van der Waals surface area contributed by atoms with Crippen molar-refractivity contribution in [1.29, 1.82) is 0 Å². The first-order chi connectivity index (χ1) is 16.1. The first-order valence-corrected chi connectivity index (χ1v) is 15.5. The van der Waals surface area contributed by atoms with Crippen LogP contribution in [0.2, 0.25) is 0 Å². The molecule has 0 aromatic carbocycles.